The summed E-state index contributed by atoms with van der Waals surface area (Å²) < 4.78 is 2.19. The number of benzene rings is 1. The van der Waals surface area contributed by atoms with Crippen LogP contribution in [-0.2, 0) is 0 Å². The zero-order valence-corrected chi connectivity index (χ0v) is 9.42. The molecule has 2 aromatic rings. The molecule has 0 spiro atoms. The van der Waals surface area contributed by atoms with E-state index in [0.717, 1.165) is 24.7 Å². The fraction of sp³-hybridized carbons (Fsp3) is 0.125. The van der Waals surface area contributed by atoms with E-state index >= 15 is 0 Å². The van der Waals surface area contributed by atoms with Gasteiger partial charge in [-0.1, -0.05) is 11.6 Å². The number of fused-ring (bicyclic) bond motifs is 1. The minimum absolute atomic E-state index is 0.722. The molecule has 2 rings (SSSR count). The average molecular weight is 263 g/mol. The molecule has 0 bridgehead atoms. The molecule has 1 heterocycles. The van der Waals surface area contributed by atoms with E-state index in [-0.39, 0.29) is 0 Å². The molecule has 0 aliphatic rings. The first-order chi connectivity index (χ1) is 5.66. The summed E-state index contributed by atoms with van der Waals surface area (Å²) >= 11 is 11.0. The molecule has 0 aliphatic heterocycles. The minimum atomic E-state index is 0.722. The van der Waals surface area contributed by atoms with E-state index in [4.69, 9.17) is 11.6 Å². The molecule has 1 aromatic carbocycles. The van der Waals surface area contributed by atoms with Crippen LogP contribution < -0.4 is 0 Å². The summed E-state index contributed by atoms with van der Waals surface area (Å²) in [5, 5.41) is 1.78. The van der Waals surface area contributed by atoms with Crippen molar-refractivity contribution in [1.29, 1.82) is 0 Å². The zero-order chi connectivity index (χ0) is 8.72. The van der Waals surface area contributed by atoms with Gasteiger partial charge in [-0.3, -0.25) is 0 Å². The molecular weight excluding hydrogens is 258 g/mol. The monoisotopic (exact) mass is 261 g/mol. The Kier molecular flexibility index (Phi) is 2.10. The van der Waals surface area contributed by atoms with Crippen molar-refractivity contribution >= 4 is 49.1 Å². The highest BCUT2D eigenvalue weighted by atomic mass is 79.9. The molecule has 0 saturated heterocycles. The standard InChI is InChI=1S/C8H5BrClNS/c1-4-11-7-3-5(10)2-6(9)8(7)12-4/h2-3H,1H3. The van der Waals surface area contributed by atoms with E-state index in [1.54, 1.807) is 11.3 Å². The second-order valence-electron chi connectivity index (χ2n) is 2.47. The number of hydrogen-bond donors (Lipinski definition) is 0. The molecule has 0 N–H and O–H groups in total. The van der Waals surface area contributed by atoms with Gasteiger partial charge in [-0.05, 0) is 35.0 Å². The summed E-state index contributed by atoms with van der Waals surface area (Å²) in [6, 6.07) is 3.77. The van der Waals surface area contributed by atoms with Gasteiger partial charge in [0.15, 0.2) is 0 Å². The second-order valence-corrected chi connectivity index (χ2v) is 4.96. The van der Waals surface area contributed by atoms with Crippen molar-refractivity contribution < 1.29 is 0 Å². The number of aryl methyl sites for hydroxylation is 1. The lowest BCUT2D eigenvalue weighted by Crippen LogP contribution is -1.70. The Morgan fingerprint density at radius 1 is 1.50 bits per heavy atom. The van der Waals surface area contributed by atoms with Gasteiger partial charge in [0.25, 0.3) is 0 Å². The third-order valence-electron chi connectivity index (χ3n) is 1.52. The summed E-state index contributed by atoms with van der Waals surface area (Å²) in [5.41, 5.74) is 0.969. The van der Waals surface area contributed by atoms with Gasteiger partial charge >= 0.3 is 0 Å². The summed E-state index contributed by atoms with van der Waals surface area (Å²) in [6.45, 7) is 1.99. The van der Waals surface area contributed by atoms with Crippen molar-refractivity contribution in [2.75, 3.05) is 0 Å². The van der Waals surface area contributed by atoms with E-state index < -0.39 is 0 Å². The predicted molar refractivity (Wildman–Crippen MR) is 57.1 cm³/mol. The minimum Gasteiger partial charge on any atom is -0.241 e. The SMILES string of the molecule is Cc1nc2cc(Cl)cc(Br)c2s1. The molecule has 0 fully saturated rings. The molecule has 0 amide bonds. The maximum absolute atomic E-state index is 5.87. The van der Waals surface area contributed by atoms with Crippen LogP contribution >= 0.6 is 38.9 Å². The molecule has 0 saturated carbocycles. The van der Waals surface area contributed by atoms with Crippen LogP contribution in [0.2, 0.25) is 5.02 Å². The van der Waals surface area contributed by atoms with Crippen molar-refractivity contribution in [3.05, 3.63) is 26.6 Å². The van der Waals surface area contributed by atoms with Gasteiger partial charge in [0.1, 0.15) is 0 Å². The molecule has 0 unspecified atom stereocenters. The third kappa shape index (κ3) is 1.37. The fourth-order valence-electron chi connectivity index (χ4n) is 1.07. The molecule has 0 radical (unpaired) electrons. The Labute approximate surface area is 87.5 Å². The van der Waals surface area contributed by atoms with Gasteiger partial charge in [-0.15, -0.1) is 11.3 Å². The summed E-state index contributed by atoms with van der Waals surface area (Å²) in [7, 11) is 0. The van der Waals surface area contributed by atoms with Crippen LogP contribution in [-0.4, -0.2) is 4.98 Å². The lowest BCUT2D eigenvalue weighted by molar-refractivity contribution is 1.35. The normalized spacial score (nSPS) is 10.9. The Morgan fingerprint density at radius 2 is 2.25 bits per heavy atom. The van der Waals surface area contributed by atoms with Gasteiger partial charge in [0.05, 0.1) is 15.2 Å². The van der Waals surface area contributed by atoms with Crippen LogP contribution in [0.25, 0.3) is 10.2 Å². The van der Waals surface area contributed by atoms with Crippen LogP contribution in [0.5, 0.6) is 0 Å². The van der Waals surface area contributed by atoms with Crippen molar-refractivity contribution in [3.8, 4) is 0 Å². The molecule has 62 valence electrons. The lowest BCUT2D eigenvalue weighted by Gasteiger charge is -1.92. The van der Waals surface area contributed by atoms with Crippen LogP contribution in [0.1, 0.15) is 5.01 Å². The Hall–Kier alpha value is -0.120. The Bertz CT molecular complexity index is 438. The smallest absolute Gasteiger partial charge is 0.0908 e. The molecule has 0 aliphatic carbocycles. The maximum atomic E-state index is 5.87. The number of nitrogens with zero attached hydrogens (tertiary/aromatic N) is 1. The van der Waals surface area contributed by atoms with Gasteiger partial charge in [0, 0.05) is 9.50 Å². The third-order valence-corrected chi connectivity index (χ3v) is 3.64. The highest BCUT2D eigenvalue weighted by Crippen LogP contribution is 2.32. The maximum Gasteiger partial charge on any atom is 0.0908 e. The lowest BCUT2D eigenvalue weighted by atomic mass is 10.3. The molecule has 0 atom stereocenters. The summed E-state index contributed by atoms with van der Waals surface area (Å²) in [4.78, 5) is 4.34. The van der Waals surface area contributed by atoms with Crippen LogP contribution in [0.4, 0.5) is 0 Å². The molecule has 12 heavy (non-hydrogen) atoms. The highest BCUT2D eigenvalue weighted by Gasteiger charge is 2.05. The second kappa shape index (κ2) is 2.98. The van der Waals surface area contributed by atoms with E-state index in [1.807, 2.05) is 19.1 Å². The number of aromatic nitrogens is 1. The first-order valence-electron chi connectivity index (χ1n) is 3.39. The van der Waals surface area contributed by atoms with Crippen LogP contribution in [0.3, 0.4) is 0 Å². The van der Waals surface area contributed by atoms with Gasteiger partial charge < -0.3 is 0 Å². The number of rotatable bonds is 0. The molecular formula is C8H5BrClNS. The van der Waals surface area contributed by atoms with Crippen molar-refractivity contribution in [3.63, 3.8) is 0 Å². The quantitative estimate of drug-likeness (QED) is 0.699. The van der Waals surface area contributed by atoms with Crippen LogP contribution in [0, 0.1) is 6.92 Å². The number of thiazole rings is 1. The van der Waals surface area contributed by atoms with Crippen molar-refractivity contribution in [1.82, 2.24) is 4.98 Å². The fourth-order valence-corrected chi connectivity index (χ4v) is 2.91. The molecule has 4 heteroatoms. The number of halogens is 2. The predicted octanol–water partition coefficient (Wildman–Crippen LogP) is 4.02. The average Bonchev–Trinajstić information content (AvgIpc) is 2.29. The number of hydrogen-bond acceptors (Lipinski definition) is 2. The Balaban J connectivity index is 2.88. The van der Waals surface area contributed by atoms with Crippen molar-refractivity contribution in [2.45, 2.75) is 6.92 Å². The van der Waals surface area contributed by atoms with Gasteiger partial charge in [0.2, 0.25) is 0 Å². The molecule has 1 nitrogen and oxygen atoms in total. The largest absolute Gasteiger partial charge is 0.241 e. The van der Waals surface area contributed by atoms with Crippen molar-refractivity contribution in [2.24, 2.45) is 0 Å². The summed E-state index contributed by atoms with van der Waals surface area (Å²) in [6.07, 6.45) is 0. The zero-order valence-electron chi connectivity index (χ0n) is 6.27. The summed E-state index contributed by atoms with van der Waals surface area (Å²) in [5.74, 6) is 0. The van der Waals surface area contributed by atoms with Gasteiger partial charge in [-0.25, -0.2) is 4.98 Å². The molecule has 1 aromatic heterocycles. The van der Waals surface area contributed by atoms with E-state index in [1.165, 1.54) is 0 Å². The van der Waals surface area contributed by atoms with E-state index in [0.29, 0.717) is 0 Å². The first kappa shape index (κ1) is 8.48. The highest BCUT2D eigenvalue weighted by molar-refractivity contribution is 9.10. The van der Waals surface area contributed by atoms with Gasteiger partial charge in [-0.2, -0.15) is 0 Å². The Morgan fingerprint density at radius 3 is 3.00 bits per heavy atom. The van der Waals surface area contributed by atoms with E-state index in [2.05, 4.69) is 20.9 Å². The first-order valence-corrected chi connectivity index (χ1v) is 5.38. The van der Waals surface area contributed by atoms with Crippen LogP contribution in [0.15, 0.2) is 16.6 Å². The van der Waals surface area contributed by atoms with E-state index in [9.17, 15) is 0 Å². The topological polar surface area (TPSA) is 12.9 Å².